The first-order valence-corrected chi connectivity index (χ1v) is 13.8. The normalized spacial score (nSPS) is 24.0. The fraction of sp³-hybridized carbons (Fsp3) is 0.621. The monoisotopic (exact) mass is 544 g/mol. The van der Waals surface area contributed by atoms with Gasteiger partial charge in [-0.2, -0.15) is 0 Å². The van der Waals surface area contributed by atoms with E-state index in [1.165, 1.54) is 7.11 Å². The van der Waals surface area contributed by atoms with Crippen LogP contribution in [0.15, 0.2) is 23.8 Å². The van der Waals surface area contributed by atoms with Gasteiger partial charge in [-0.05, 0) is 51.3 Å². The van der Waals surface area contributed by atoms with E-state index < -0.39 is 30.1 Å². The molecule has 1 saturated carbocycles. The van der Waals surface area contributed by atoms with Gasteiger partial charge in [-0.15, -0.1) is 0 Å². The Hall–Kier alpha value is -2.95. The molecule has 1 aromatic rings. The summed E-state index contributed by atoms with van der Waals surface area (Å²) in [5.74, 6) is -0.601. The molecule has 10 heteroatoms. The number of nitrogens with zero attached hydrogens (tertiary/aromatic N) is 1. The number of aliphatic hydroxyl groups is 2. The van der Waals surface area contributed by atoms with E-state index in [-0.39, 0.29) is 31.1 Å². The molecule has 4 rings (SSSR count). The Morgan fingerprint density at radius 2 is 2.00 bits per heavy atom. The van der Waals surface area contributed by atoms with Crippen LogP contribution in [0.4, 0.5) is 0 Å². The number of ether oxygens (including phenoxy) is 3. The van der Waals surface area contributed by atoms with Crippen molar-refractivity contribution in [3.8, 4) is 11.5 Å². The number of rotatable bonds is 12. The summed E-state index contributed by atoms with van der Waals surface area (Å²) >= 11 is 0. The number of fused-ring (bicyclic) bond motifs is 3. The van der Waals surface area contributed by atoms with Crippen molar-refractivity contribution >= 4 is 18.1 Å². The van der Waals surface area contributed by atoms with Crippen LogP contribution >= 0.6 is 0 Å². The number of carbonyl (C=O) groups is 3. The maximum absolute atomic E-state index is 13.8. The molecule has 1 aromatic carbocycles. The Labute approximate surface area is 229 Å². The van der Waals surface area contributed by atoms with Crippen LogP contribution < -0.4 is 14.8 Å². The molecule has 0 aromatic heterocycles. The molecule has 1 fully saturated rings. The first-order valence-electron chi connectivity index (χ1n) is 13.8. The Balaban J connectivity index is 1.74. The predicted molar refractivity (Wildman–Crippen MR) is 143 cm³/mol. The lowest BCUT2D eigenvalue weighted by Gasteiger charge is -2.41. The lowest BCUT2D eigenvalue weighted by Crippen LogP contribution is -2.57. The van der Waals surface area contributed by atoms with Crippen molar-refractivity contribution in [2.24, 2.45) is 5.92 Å². The summed E-state index contributed by atoms with van der Waals surface area (Å²) in [6.45, 7) is 4.52. The van der Waals surface area contributed by atoms with Crippen molar-refractivity contribution in [2.45, 2.75) is 76.2 Å². The summed E-state index contributed by atoms with van der Waals surface area (Å²) in [5, 5.41) is 23.7. The first-order chi connectivity index (χ1) is 18.8. The maximum atomic E-state index is 13.8. The highest BCUT2D eigenvalue weighted by Gasteiger charge is 2.51. The van der Waals surface area contributed by atoms with E-state index in [9.17, 15) is 24.6 Å². The van der Waals surface area contributed by atoms with Gasteiger partial charge in [0, 0.05) is 42.3 Å². The third-order valence-electron chi connectivity index (χ3n) is 7.75. The molecule has 2 aliphatic carbocycles. The molecule has 1 heterocycles. The van der Waals surface area contributed by atoms with Crippen molar-refractivity contribution in [3.05, 3.63) is 34.9 Å². The summed E-state index contributed by atoms with van der Waals surface area (Å²) in [6, 6.07) is 2.38. The molecular formula is C29H40N2O8. The minimum atomic E-state index is -1.14. The molecule has 214 valence electrons. The standard InChI is InChI=1S/C29H40N2O8/c1-17(2)38-12-6-10-31(29(36)19-7-4-5-8-19)22-15-21(28(35)30-9-11-32)24-20-13-18(16-33)14-23(37-3)26(20)39-27(24)25(22)34/h13-17,19,22,24-25,27,32,34H,4-12H2,1-3H3,(H,30,35). The summed E-state index contributed by atoms with van der Waals surface area (Å²) in [7, 11) is 1.46. The Morgan fingerprint density at radius 3 is 2.64 bits per heavy atom. The second-order valence-electron chi connectivity index (χ2n) is 10.7. The number of hydrogen-bond acceptors (Lipinski definition) is 8. The van der Waals surface area contributed by atoms with Crippen molar-refractivity contribution < 1.29 is 38.8 Å². The van der Waals surface area contributed by atoms with E-state index in [0.717, 1.165) is 25.7 Å². The molecule has 39 heavy (non-hydrogen) atoms. The van der Waals surface area contributed by atoms with Gasteiger partial charge in [0.25, 0.3) is 0 Å². The minimum absolute atomic E-state index is 0.0396. The molecule has 2 amide bonds. The van der Waals surface area contributed by atoms with Crippen molar-refractivity contribution in [1.29, 1.82) is 0 Å². The average Bonchev–Trinajstić information content (AvgIpc) is 3.60. The topological polar surface area (TPSA) is 135 Å². The molecule has 4 unspecified atom stereocenters. The summed E-state index contributed by atoms with van der Waals surface area (Å²) < 4.78 is 17.4. The highest BCUT2D eigenvalue weighted by molar-refractivity contribution is 5.96. The number of hydrogen-bond donors (Lipinski definition) is 3. The van der Waals surface area contributed by atoms with Crippen LogP contribution in [0.2, 0.25) is 0 Å². The van der Waals surface area contributed by atoms with Gasteiger partial charge in [0.05, 0.1) is 31.8 Å². The average molecular weight is 545 g/mol. The smallest absolute Gasteiger partial charge is 0.247 e. The lowest BCUT2D eigenvalue weighted by atomic mass is 9.77. The van der Waals surface area contributed by atoms with E-state index in [1.807, 2.05) is 13.8 Å². The maximum Gasteiger partial charge on any atom is 0.247 e. The van der Waals surface area contributed by atoms with Crippen LogP contribution in [-0.4, -0.2) is 91.0 Å². The number of carbonyl (C=O) groups excluding carboxylic acids is 3. The fourth-order valence-electron chi connectivity index (χ4n) is 5.93. The number of benzene rings is 1. The van der Waals surface area contributed by atoms with Crippen LogP contribution in [0.1, 0.15) is 67.8 Å². The largest absolute Gasteiger partial charge is 0.493 e. The zero-order valence-corrected chi connectivity index (χ0v) is 22.9. The van der Waals surface area contributed by atoms with Crippen LogP contribution in [0.25, 0.3) is 0 Å². The van der Waals surface area contributed by atoms with Crippen LogP contribution in [0.5, 0.6) is 11.5 Å². The number of amides is 2. The van der Waals surface area contributed by atoms with Crippen molar-refractivity contribution in [3.63, 3.8) is 0 Å². The highest BCUT2D eigenvalue weighted by atomic mass is 16.5. The van der Waals surface area contributed by atoms with Gasteiger partial charge in [0.2, 0.25) is 11.8 Å². The summed E-state index contributed by atoms with van der Waals surface area (Å²) in [6.07, 6.45) is 4.53. The summed E-state index contributed by atoms with van der Waals surface area (Å²) in [4.78, 5) is 40.5. The van der Waals surface area contributed by atoms with E-state index in [0.29, 0.717) is 54.1 Å². The number of methoxy groups -OCH3 is 1. The first kappa shape index (κ1) is 29.0. The predicted octanol–water partition coefficient (Wildman–Crippen LogP) is 1.96. The Bertz CT molecular complexity index is 1080. The number of aliphatic hydroxyl groups excluding tert-OH is 2. The molecular weight excluding hydrogens is 504 g/mol. The molecule has 0 bridgehead atoms. The van der Waals surface area contributed by atoms with Gasteiger partial charge in [-0.25, -0.2) is 0 Å². The zero-order valence-electron chi connectivity index (χ0n) is 22.9. The molecule has 0 saturated heterocycles. The van der Waals surface area contributed by atoms with E-state index in [1.54, 1.807) is 23.1 Å². The van der Waals surface area contributed by atoms with E-state index >= 15 is 0 Å². The number of aldehydes is 1. The third kappa shape index (κ3) is 6.13. The molecule has 3 aliphatic rings. The number of nitrogens with one attached hydrogen (secondary N) is 1. The van der Waals surface area contributed by atoms with E-state index in [2.05, 4.69) is 5.32 Å². The van der Waals surface area contributed by atoms with Crippen LogP contribution in [0.3, 0.4) is 0 Å². The van der Waals surface area contributed by atoms with Crippen LogP contribution in [0, 0.1) is 5.92 Å². The molecule has 10 nitrogen and oxygen atoms in total. The van der Waals surface area contributed by atoms with Crippen LogP contribution in [-0.2, 0) is 14.3 Å². The summed E-state index contributed by atoms with van der Waals surface area (Å²) in [5.41, 5.74) is 1.23. The zero-order chi connectivity index (χ0) is 28.1. The molecule has 1 aliphatic heterocycles. The lowest BCUT2D eigenvalue weighted by molar-refractivity contribution is -0.141. The minimum Gasteiger partial charge on any atom is -0.493 e. The van der Waals surface area contributed by atoms with Crippen molar-refractivity contribution in [2.75, 3.05) is 33.4 Å². The van der Waals surface area contributed by atoms with E-state index in [4.69, 9.17) is 14.2 Å². The molecule has 4 atom stereocenters. The van der Waals surface area contributed by atoms with Gasteiger partial charge in [0.1, 0.15) is 18.5 Å². The molecule has 0 radical (unpaired) electrons. The van der Waals surface area contributed by atoms with Crippen molar-refractivity contribution in [1.82, 2.24) is 10.2 Å². The molecule has 3 N–H and O–H groups in total. The van der Waals surface area contributed by atoms with Gasteiger partial charge in [-0.3, -0.25) is 14.4 Å². The second-order valence-corrected chi connectivity index (χ2v) is 10.7. The van der Waals surface area contributed by atoms with Gasteiger partial charge in [0.15, 0.2) is 11.5 Å². The van der Waals surface area contributed by atoms with Gasteiger partial charge in [-0.1, -0.05) is 12.8 Å². The second kappa shape index (κ2) is 12.9. The Morgan fingerprint density at radius 1 is 1.26 bits per heavy atom. The fourth-order valence-corrected chi connectivity index (χ4v) is 5.93. The third-order valence-corrected chi connectivity index (χ3v) is 7.75. The molecule has 0 spiro atoms. The SMILES string of the molecule is COc1cc(C=O)cc2c1OC1C2C(C(=O)NCCO)=CC(N(CCCOC(C)C)C(=O)C2CCCC2)C1O. The Kier molecular flexibility index (Phi) is 9.63. The van der Waals surface area contributed by atoms with Gasteiger partial charge >= 0.3 is 0 Å². The quantitative estimate of drug-likeness (QED) is 0.269. The van der Waals surface area contributed by atoms with Gasteiger partial charge < -0.3 is 34.6 Å². The highest BCUT2D eigenvalue weighted by Crippen LogP contribution is 2.51.